The van der Waals surface area contributed by atoms with Crippen molar-refractivity contribution in [3.63, 3.8) is 0 Å². The van der Waals surface area contributed by atoms with E-state index >= 15 is 0 Å². The van der Waals surface area contributed by atoms with Crippen LogP contribution in [0.3, 0.4) is 0 Å². The van der Waals surface area contributed by atoms with Crippen LogP contribution in [0, 0.1) is 17.6 Å². The number of halogens is 5. The van der Waals surface area contributed by atoms with Crippen molar-refractivity contribution in [2.75, 3.05) is 12.8 Å². The standard InChI is InChI=1S/C24H23F5N2O4S/c1-36(34,35)20-11-14(6-9-17(20)25)23(33)31-10-2-3-19(31)22(32)30-21(13-4-5-13)16-8-7-15(12-18(16)26)24(27,28)29/h6-9,11-13,19,21H,2-5,10H2,1H3,(H,30,32)/t19-,21?/m1/s1. The third-order valence-corrected chi connectivity index (χ3v) is 7.56. The molecule has 2 amide bonds. The topological polar surface area (TPSA) is 83.6 Å². The Balaban J connectivity index is 1.55. The van der Waals surface area contributed by atoms with Gasteiger partial charge in [0.2, 0.25) is 5.91 Å². The summed E-state index contributed by atoms with van der Waals surface area (Å²) in [4.78, 5) is 26.9. The number of sulfone groups is 1. The number of nitrogens with one attached hydrogen (secondary N) is 1. The quantitative estimate of drug-likeness (QED) is 0.566. The first kappa shape index (κ1) is 26.1. The van der Waals surface area contributed by atoms with E-state index in [4.69, 9.17) is 0 Å². The zero-order valence-corrected chi connectivity index (χ0v) is 19.9. The van der Waals surface area contributed by atoms with Gasteiger partial charge in [-0.3, -0.25) is 9.59 Å². The summed E-state index contributed by atoms with van der Waals surface area (Å²) in [6.07, 6.45) is -1.84. The van der Waals surface area contributed by atoms with Crippen LogP contribution in [0.15, 0.2) is 41.3 Å². The number of likely N-dealkylation sites (tertiary alicyclic amines) is 1. The lowest BCUT2D eigenvalue weighted by Gasteiger charge is -2.27. The van der Waals surface area contributed by atoms with Crippen molar-refractivity contribution in [1.82, 2.24) is 10.2 Å². The Hall–Kier alpha value is -3.02. The van der Waals surface area contributed by atoms with Crippen molar-refractivity contribution in [2.45, 2.75) is 48.8 Å². The highest BCUT2D eigenvalue weighted by atomic mass is 32.2. The highest BCUT2D eigenvalue weighted by molar-refractivity contribution is 7.90. The van der Waals surface area contributed by atoms with Crippen LogP contribution < -0.4 is 5.32 Å². The Kier molecular flexibility index (Phi) is 6.84. The molecule has 1 N–H and O–H groups in total. The molecule has 1 saturated heterocycles. The summed E-state index contributed by atoms with van der Waals surface area (Å²) in [5.74, 6) is -3.50. The minimum Gasteiger partial charge on any atom is -0.347 e. The molecule has 0 radical (unpaired) electrons. The molecule has 0 spiro atoms. The Bertz CT molecular complexity index is 1310. The van der Waals surface area contributed by atoms with Gasteiger partial charge in [0, 0.05) is 23.9 Å². The van der Waals surface area contributed by atoms with Gasteiger partial charge >= 0.3 is 6.18 Å². The Morgan fingerprint density at radius 2 is 1.72 bits per heavy atom. The van der Waals surface area contributed by atoms with Gasteiger partial charge in [-0.25, -0.2) is 17.2 Å². The van der Waals surface area contributed by atoms with E-state index in [1.54, 1.807) is 0 Å². The second-order valence-corrected chi connectivity index (χ2v) is 11.1. The van der Waals surface area contributed by atoms with E-state index in [-0.39, 0.29) is 30.0 Å². The van der Waals surface area contributed by atoms with Crippen LogP contribution in [-0.2, 0) is 20.8 Å². The third-order valence-electron chi connectivity index (χ3n) is 6.45. The summed E-state index contributed by atoms with van der Waals surface area (Å²) < 4.78 is 91.0. The van der Waals surface area contributed by atoms with Gasteiger partial charge in [0.05, 0.1) is 11.6 Å². The van der Waals surface area contributed by atoms with Crippen molar-refractivity contribution in [3.05, 3.63) is 64.7 Å². The van der Waals surface area contributed by atoms with Crippen molar-refractivity contribution < 1.29 is 40.0 Å². The first-order chi connectivity index (χ1) is 16.8. The molecule has 2 atom stereocenters. The van der Waals surface area contributed by atoms with Crippen molar-refractivity contribution in [2.24, 2.45) is 5.92 Å². The van der Waals surface area contributed by atoms with E-state index in [2.05, 4.69) is 5.32 Å². The fourth-order valence-corrected chi connectivity index (χ4v) is 5.22. The molecule has 4 rings (SSSR count). The average molecular weight is 531 g/mol. The Morgan fingerprint density at radius 3 is 2.31 bits per heavy atom. The number of carbonyl (C=O) groups is 2. The first-order valence-electron chi connectivity index (χ1n) is 11.2. The van der Waals surface area contributed by atoms with E-state index in [0.29, 0.717) is 25.3 Å². The average Bonchev–Trinajstić information content (AvgIpc) is 3.51. The van der Waals surface area contributed by atoms with Crippen LogP contribution in [0.5, 0.6) is 0 Å². The summed E-state index contributed by atoms with van der Waals surface area (Å²) in [6.45, 7) is 0.186. The molecule has 2 aromatic carbocycles. The predicted molar refractivity (Wildman–Crippen MR) is 119 cm³/mol. The van der Waals surface area contributed by atoms with E-state index in [1.165, 1.54) is 4.90 Å². The lowest BCUT2D eigenvalue weighted by molar-refractivity contribution is -0.137. The third kappa shape index (κ3) is 5.37. The monoisotopic (exact) mass is 530 g/mol. The molecule has 1 saturated carbocycles. The molecule has 12 heteroatoms. The number of hydrogen-bond acceptors (Lipinski definition) is 4. The van der Waals surface area contributed by atoms with Crippen LogP contribution >= 0.6 is 0 Å². The van der Waals surface area contributed by atoms with Gasteiger partial charge in [-0.15, -0.1) is 0 Å². The number of rotatable bonds is 6. The van der Waals surface area contributed by atoms with Gasteiger partial charge in [0.1, 0.15) is 22.6 Å². The number of alkyl halides is 3. The van der Waals surface area contributed by atoms with E-state index in [0.717, 1.165) is 36.6 Å². The smallest absolute Gasteiger partial charge is 0.347 e. The molecule has 2 aliphatic rings. The SMILES string of the molecule is CS(=O)(=O)c1cc(C(=O)N2CCC[C@@H]2C(=O)NC(c2ccc(C(F)(F)F)cc2F)C2CC2)ccc1F. The minimum atomic E-state index is -4.71. The first-order valence-corrected chi connectivity index (χ1v) is 13.1. The maximum Gasteiger partial charge on any atom is 0.416 e. The molecule has 1 heterocycles. The molecule has 1 aliphatic carbocycles. The second kappa shape index (κ2) is 9.45. The summed E-state index contributed by atoms with van der Waals surface area (Å²) in [6, 6.07) is 3.28. The van der Waals surface area contributed by atoms with Gasteiger partial charge in [0.15, 0.2) is 9.84 Å². The van der Waals surface area contributed by atoms with Crippen LogP contribution in [0.1, 0.15) is 53.2 Å². The molecular weight excluding hydrogens is 507 g/mol. The van der Waals surface area contributed by atoms with Crippen molar-refractivity contribution in [3.8, 4) is 0 Å². The highest BCUT2D eigenvalue weighted by Crippen LogP contribution is 2.43. The lowest BCUT2D eigenvalue weighted by Crippen LogP contribution is -2.47. The molecule has 1 unspecified atom stereocenters. The maximum atomic E-state index is 14.6. The lowest BCUT2D eigenvalue weighted by atomic mass is 9.99. The van der Waals surface area contributed by atoms with E-state index < -0.39 is 62.0 Å². The van der Waals surface area contributed by atoms with Gasteiger partial charge in [-0.05, 0) is 61.9 Å². The number of nitrogens with zero attached hydrogens (tertiary/aromatic N) is 1. The summed E-state index contributed by atoms with van der Waals surface area (Å²) >= 11 is 0. The van der Waals surface area contributed by atoms with Crippen LogP contribution in [0.2, 0.25) is 0 Å². The molecule has 0 bridgehead atoms. The zero-order valence-electron chi connectivity index (χ0n) is 19.1. The van der Waals surface area contributed by atoms with Crippen LogP contribution in [0.25, 0.3) is 0 Å². The van der Waals surface area contributed by atoms with E-state index in [9.17, 15) is 40.0 Å². The largest absolute Gasteiger partial charge is 0.416 e. The van der Waals surface area contributed by atoms with Crippen LogP contribution in [0.4, 0.5) is 22.0 Å². The molecule has 2 fully saturated rings. The maximum absolute atomic E-state index is 14.6. The Morgan fingerprint density at radius 1 is 1.03 bits per heavy atom. The molecule has 2 aromatic rings. The van der Waals surface area contributed by atoms with Gasteiger partial charge in [-0.1, -0.05) is 6.07 Å². The van der Waals surface area contributed by atoms with Crippen molar-refractivity contribution >= 4 is 21.7 Å². The molecule has 6 nitrogen and oxygen atoms in total. The van der Waals surface area contributed by atoms with Gasteiger partial charge in [0.25, 0.3) is 5.91 Å². The molecular formula is C24H23F5N2O4S. The number of hydrogen-bond donors (Lipinski definition) is 1. The van der Waals surface area contributed by atoms with Gasteiger partial charge in [-0.2, -0.15) is 13.2 Å². The molecule has 0 aromatic heterocycles. The molecule has 194 valence electrons. The number of benzene rings is 2. The summed E-state index contributed by atoms with van der Waals surface area (Å²) in [7, 11) is -3.94. The number of amides is 2. The fraction of sp³-hybridized carbons (Fsp3) is 0.417. The Labute approximate surface area is 204 Å². The van der Waals surface area contributed by atoms with Crippen LogP contribution in [-0.4, -0.2) is 44.0 Å². The molecule has 1 aliphatic heterocycles. The second-order valence-electron chi connectivity index (χ2n) is 9.13. The zero-order chi connectivity index (χ0) is 26.4. The van der Waals surface area contributed by atoms with E-state index in [1.807, 2.05) is 0 Å². The fourth-order valence-electron chi connectivity index (χ4n) is 4.45. The molecule has 36 heavy (non-hydrogen) atoms. The predicted octanol–water partition coefficient (Wildman–Crippen LogP) is 4.26. The normalized spacial score (nSPS) is 19.3. The van der Waals surface area contributed by atoms with Crippen molar-refractivity contribution in [1.29, 1.82) is 0 Å². The summed E-state index contributed by atoms with van der Waals surface area (Å²) in [5.41, 5.74) is -1.31. The van der Waals surface area contributed by atoms with Gasteiger partial charge < -0.3 is 10.2 Å². The highest BCUT2D eigenvalue weighted by Gasteiger charge is 2.40. The minimum absolute atomic E-state index is 0.0638. The number of carbonyl (C=O) groups excluding carboxylic acids is 2. The summed E-state index contributed by atoms with van der Waals surface area (Å²) in [5, 5.41) is 2.71.